The van der Waals surface area contributed by atoms with Crippen LogP contribution in [0.5, 0.6) is 5.75 Å². The molecule has 2 aromatic heterocycles. The van der Waals surface area contributed by atoms with Gasteiger partial charge < -0.3 is 9.67 Å². The molecular formula is C32H19NOS. The summed E-state index contributed by atoms with van der Waals surface area (Å²) in [6.07, 6.45) is 0. The van der Waals surface area contributed by atoms with Gasteiger partial charge in [0, 0.05) is 42.2 Å². The number of hydrogen-bond donors (Lipinski definition) is 1. The van der Waals surface area contributed by atoms with E-state index in [1.165, 1.54) is 26.4 Å². The molecule has 0 fully saturated rings. The first-order valence-electron chi connectivity index (χ1n) is 11.5. The minimum Gasteiger partial charge on any atom is -0.507 e. The fourth-order valence-electron chi connectivity index (χ4n) is 4.91. The number of phenols is 1. The number of thiophene rings is 1. The maximum atomic E-state index is 10.7. The molecule has 3 heteroatoms. The molecular weight excluding hydrogens is 446 g/mol. The van der Waals surface area contributed by atoms with Crippen molar-refractivity contribution in [1.82, 2.24) is 4.57 Å². The van der Waals surface area contributed by atoms with Crippen molar-refractivity contribution < 1.29 is 5.11 Å². The number of benzene rings is 5. The molecule has 0 atom stereocenters. The van der Waals surface area contributed by atoms with Gasteiger partial charge in [0.1, 0.15) is 5.75 Å². The number of fused-ring (bicyclic) bond motifs is 6. The number of nitrogens with zero attached hydrogens (tertiary/aromatic N) is 1. The largest absolute Gasteiger partial charge is 0.507 e. The zero-order valence-electron chi connectivity index (χ0n) is 18.7. The summed E-state index contributed by atoms with van der Waals surface area (Å²) in [7, 11) is 0. The van der Waals surface area contributed by atoms with Gasteiger partial charge in [-0.3, -0.25) is 0 Å². The van der Waals surface area contributed by atoms with Gasteiger partial charge in [-0.25, -0.2) is 0 Å². The summed E-state index contributed by atoms with van der Waals surface area (Å²) < 4.78 is 4.58. The van der Waals surface area contributed by atoms with Crippen LogP contribution in [0, 0.1) is 11.8 Å². The van der Waals surface area contributed by atoms with E-state index in [2.05, 4.69) is 95.3 Å². The molecule has 2 nitrogen and oxygen atoms in total. The second kappa shape index (κ2) is 7.77. The van der Waals surface area contributed by atoms with Gasteiger partial charge in [0.2, 0.25) is 0 Å². The molecule has 7 aromatic rings. The number of aromatic hydroxyl groups is 1. The third-order valence-electron chi connectivity index (χ3n) is 6.52. The Kier molecular flexibility index (Phi) is 4.42. The van der Waals surface area contributed by atoms with E-state index in [-0.39, 0.29) is 5.75 Å². The molecule has 0 amide bonds. The second-order valence-electron chi connectivity index (χ2n) is 8.63. The summed E-state index contributed by atoms with van der Waals surface area (Å²) in [5.41, 5.74) is 5.03. The van der Waals surface area contributed by atoms with Crippen molar-refractivity contribution in [3.63, 3.8) is 0 Å². The highest BCUT2D eigenvalue weighted by Crippen LogP contribution is 2.37. The number of hydrogen-bond acceptors (Lipinski definition) is 2. The first kappa shape index (κ1) is 19.9. The molecule has 35 heavy (non-hydrogen) atoms. The maximum Gasteiger partial charge on any atom is 0.132 e. The molecule has 0 saturated heterocycles. The minimum absolute atomic E-state index is 0.221. The smallest absolute Gasteiger partial charge is 0.132 e. The molecule has 164 valence electrons. The Balaban J connectivity index is 1.38. The molecule has 5 aromatic carbocycles. The molecule has 0 radical (unpaired) electrons. The average Bonchev–Trinajstić information content (AvgIpc) is 3.42. The van der Waals surface area contributed by atoms with Crippen LogP contribution in [0.4, 0.5) is 0 Å². The van der Waals surface area contributed by atoms with Crippen molar-refractivity contribution in [3.05, 3.63) is 120 Å². The van der Waals surface area contributed by atoms with E-state index >= 15 is 0 Å². The lowest BCUT2D eigenvalue weighted by molar-refractivity contribution is 0.474. The van der Waals surface area contributed by atoms with Crippen LogP contribution in [0.1, 0.15) is 11.1 Å². The zero-order valence-corrected chi connectivity index (χ0v) is 19.5. The van der Waals surface area contributed by atoms with Crippen LogP contribution in [0.2, 0.25) is 0 Å². The molecule has 1 N–H and O–H groups in total. The summed E-state index contributed by atoms with van der Waals surface area (Å²) >= 11 is 1.69. The fraction of sp³-hybridized carbons (Fsp3) is 0. The van der Waals surface area contributed by atoms with Crippen LogP contribution in [0.25, 0.3) is 47.7 Å². The summed E-state index contributed by atoms with van der Waals surface area (Å²) in [5, 5.41) is 15.4. The molecule has 0 bridgehead atoms. The Labute approximate surface area is 206 Å². The fourth-order valence-corrected chi connectivity index (χ4v) is 6.03. The highest BCUT2D eigenvalue weighted by molar-refractivity contribution is 7.25. The lowest BCUT2D eigenvalue weighted by Gasteiger charge is -2.07. The van der Waals surface area contributed by atoms with Gasteiger partial charge in [-0.2, -0.15) is 0 Å². The van der Waals surface area contributed by atoms with Gasteiger partial charge in [0.05, 0.1) is 16.6 Å². The zero-order chi connectivity index (χ0) is 23.4. The summed E-state index contributed by atoms with van der Waals surface area (Å²) in [4.78, 5) is 0. The predicted octanol–water partition coefficient (Wildman–Crippen LogP) is 8.26. The van der Waals surface area contributed by atoms with Crippen molar-refractivity contribution in [2.24, 2.45) is 0 Å². The number of rotatable bonds is 1. The first-order valence-corrected chi connectivity index (χ1v) is 12.3. The van der Waals surface area contributed by atoms with E-state index in [1.54, 1.807) is 11.3 Å². The first-order chi connectivity index (χ1) is 17.3. The van der Waals surface area contributed by atoms with E-state index in [0.717, 1.165) is 26.9 Å². The van der Waals surface area contributed by atoms with Crippen LogP contribution in [-0.4, -0.2) is 9.67 Å². The molecule has 0 aliphatic heterocycles. The van der Waals surface area contributed by atoms with Crippen molar-refractivity contribution in [3.8, 4) is 23.3 Å². The molecule has 0 unspecified atom stereocenters. The van der Waals surface area contributed by atoms with E-state index < -0.39 is 0 Å². The van der Waals surface area contributed by atoms with Gasteiger partial charge in [0.15, 0.2) is 0 Å². The van der Waals surface area contributed by atoms with Crippen molar-refractivity contribution in [2.75, 3.05) is 0 Å². The number of phenolic OH excluding ortho intramolecular Hbond substituents is 1. The minimum atomic E-state index is 0.221. The molecule has 0 saturated carbocycles. The maximum absolute atomic E-state index is 10.7. The number of aromatic nitrogens is 1. The van der Waals surface area contributed by atoms with E-state index in [0.29, 0.717) is 5.56 Å². The van der Waals surface area contributed by atoms with Crippen molar-refractivity contribution >= 4 is 53.3 Å². The Morgan fingerprint density at radius 2 is 1.31 bits per heavy atom. The van der Waals surface area contributed by atoms with Crippen LogP contribution >= 0.6 is 11.3 Å². The number of para-hydroxylation sites is 2. The topological polar surface area (TPSA) is 25.2 Å². The predicted molar refractivity (Wildman–Crippen MR) is 148 cm³/mol. The SMILES string of the molecule is Oc1cc2sc3ccccc3c2cc1C#Cc1ccc2c(c1)c1ccccc1n2-c1ccccc1. The normalized spacial score (nSPS) is 11.3. The van der Waals surface area contributed by atoms with Crippen LogP contribution < -0.4 is 0 Å². The molecule has 0 aliphatic rings. The lowest BCUT2D eigenvalue weighted by Crippen LogP contribution is -1.92. The van der Waals surface area contributed by atoms with E-state index in [9.17, 15) is 5.11 Å². The van der Waals surface area contributed by atoms with Crippen LogP contribution in [0.3, 0.4) is 0 Å². The van der Waals surface area contributed by atoms with E-state index in [4.69, 9.17) is 0 Å². The molecule has 2 heterocycles. The van der Waals surface area contributed by atoms with Crippen LogP contribution in [0.15, 0.2) is 109 Å². The van der Waals surface area contributed by atoms with Gasteiger partial charge in [-0.15, -0.1) is 11.3 Å². The summed E-state index contributed by atoms with van der Waals surface area (Å²) in [6, 6.07) is 37.4. The third-order valence-corrected chi connectivity index (χ3v) is 7.66. The Morgan fingerprint density at radius 1 is 0.571 bits per heavy atom. The van der Waals surface area contributed by atoms with Gasteiger partial charge in [-0.05, 0) is 54.6 Å². The van der Waals surface area contributed by atoms with Crippen LogP contribution in [-0.2, 0) is 0 Å². The quantitative estimate of drug-likeness (QED) is 0.243. The lowest BCUT2D eigenvalue weighted by atomic mass is 10.1. The average molecular weight is 466 g/mol. The third kappa shape index (κ3) is 3.19. The summed E-state index contributed by atoms with van der Waals surface area (Å²) in [5.74, 6) is 6.74. The Hall–Kier alpha value is -4.52. The highest BCUT2D eigenvalue weighted by atomic mass is 32.1. The summed E-state index contributed by atoms with van der Waals surface area (Å²) in [6.45, 7) is 0. The monoisotopic (exact) mass is 465 g/mol. The molecule has 7 rings (SSSR count). The van der Waals surface area contributed by atoms with Gasteiger partial charge in [-0.1, -0.05) is 66.4 Å². The van der Waals surface area contributed by atoms with Crippen molar-refractivity contribution in [2.45, 2.75) is 0 Å². The second-order valence-corrected chi connectivity index (χ2v) is 9.72. The molecule has 0 aliphatic carbocycles. The van der Waals surface area contributed by atoms with Gasteiger partial charge in [0.25, 0.3) is 0 Å². The Bertz CT molecular complexity index is 1970. The Morgan fingerprint density at radius 3 is 2.20 bits per heavy atom. The van der Waals surface area contributed by atoms with E-state index in [1.807, 2.05) is 30.3 Å². The van der Waals surface area contributed by atoms with Gasteiger partial charge >= 0.3 is 0 Å². The molecule has 0 spiro atoms. The highest BCUT2D eigenvalue weighted by Gasteiger charge is 2.12. The standard InChI is InChI=1S/C32H19NOS/c34-30-20-32-27(25-11-5-7-13-31(25)35-32)19-22(30)16-14-21-15-17-29-26(18-21)24-10-4-6-12-28(24)33(29)23-8-2-1-3-9-23/h1-13,15,17-20,34H. The van der Waals surface area contributed by atoms with Crippen molar-refractivity contribution in [1.29, 1.82) is 0 Å².